The van der Waals surface area contributed by atoms with Gasteiger partial charge in [0, 0.05) is 25.5 Å². The van der Waals surface area contributed by atoms with E-state index in [1.165, 1.54) is 0 Å². The van der Waals surface area contributed by atoms with Crippen LogP contribution in [0.1, 0.15) is 17.0 Å². The van der Waals surface area contributed by atoms with Gasteiger partial charge in [-0.1, -0.05) is 60.7 Å². The number of nitrogens with zero attached hydrogens (tertiary/aromatic N) is 4. The van der Waals surface area contributed by atoms with Crippen molar-refractivity contribution in [2.45, 2.75) is 5.92 Å². The van der Waals surface area contributed by atoms with Crippen LogP contribution >= 0.6 is 0 Å². The van der Waals surface area contributed by atoms with E-state index in [0.29, 0.717) is 24.7 Å². The molecule has 2 N–H and O–H groups in total. The van der Waals surface area contributed by atoms with Crippen LogP contribution in [0, 0.1) is 0 Å². The van der Waals surface area contributed by atoms with Crippen LogP contribution in [0.3, 0.4) is 0 Å². The highest BCUT2D eigenvalue weighted by Crippen LogP contribution is 2.24. The molecule has 0 aliphatic carbocycles. The largest absolute Gasteiger partial charge is 0.367 e. The minimum Gasteiger partial charge on any atom is -0.367 e. The van der Waals surface area contributed by atoms with E-state index >= 15 is 0 Å². The van der Waals surface area contributed by atoms with Crippen LogP contribution in [0.5, 0.6) is 0 Å². The van der Waals surface area contributed by atoms with Crippen molar-refractivity contribution in [2.24, 2.45) is 0 Å². The first kappa shape index (κ1) is 19.3. The second-order valence-corrected chi connectivity index (χ2v) is 6.70. The number of aromatic nitrogens is 4. The average Bonchev–Trinajstić information content (AvgIpc) is 3.34. The highest BCUT2D eigenvalue weighted by molar-refractivity contribution is 5.87. The van der Waals surface area contributed by atoms with Crippen LogP contribution in [0.25, 0.3) is 5.82 Å². The van der Waals surface area contributed by atoms with Gasteiger partial charge in [0.05, 0.1) is 5.92 Å². The normalized spacial score (nSPS) is 10.7. The monoisotopic (exact) mass is 398 g/mol. The summed E-state index contributed by atoms with van der Waals surface area (Å²) in [6.45, 7) is 1.01. The molecule has 4 rings (SSSR count). The number of amides is 1. The van der Waals surface area contributed by atoms with Crippen molar-refractivity contribution in [3.05, 3.63) is 102 Å². The Bertz CT molecular complexity index is 1010. The van der Waals surface area contributed by atoms with Crippen molar-refractivity contribution < 1.29 is 4.79 Å². The maximum absolute atomic E-state index is 13.0. The maximum atomic E-state index is 13.0. The van der Waals surface area contributed by atoms with Crippen LogP contribution in [-0.2, 0) is 4.79 Å². The molecule has 7 heteroatoms. The van der Waals surface area contributed by atoms with E-state index in [-0.39, 0.29) is 11.8 Å². The van der Waals surface area contributed by atoms with Crippen LogP contribution in [0.2, 0.25) is 0 Å². The molecule has 0 aliphatic rings. The lowest BCUT2D eigenvalue weighted by Gasteiger charge is -2.18. The zero-order valence-corrected chi connectivity index (χ0v) is 16.3. The molecule has 0 spiro atoms. The number of rotatable bonds is 8. The molecule has 0 aliphatic heterocycles. The van der Waals surface area contributed by atoms with Gasteiger partial charge in [-0.3, -0.25) is 4.79 Å². The minimum atomic E-state index is -0.347. The van der Waals surface area contributed by atoms with Gasteiger partial charge in [-0.05, 0) is 29.3 Å². The number of anilines is 1. The summed E-state index contributed by atoms with van der Waals surface area (Å²) in [7, 11) is 0. The summed E-state index contributed by atoms with van der Waals surface area (Å²) in [6.07, 6.45) is 3.50. The number of hydrogen-bond acceptors (Lipinski definition) is 5. The van der Waals surface area contributed by atoms with Gasteiger partial charge in [-0.15, -0.1) is 10.2 Å². The van der Waals surface area contributed by atoms with E-state index in [0.717, 1.165) is 11.1 Å². The predicted molar refractivity (Wildman–Crippen MR) is 115 cm³/mol. The third-order valence-corrected chi connectivity index (χ3v) is 4.65. The van der Waals surface area contributed by atoms with E-state index in [9.17, 15) is 4.79 Å². The number of carbonyl (C=O) groups excluding carboxylic acids is 1. The summed E-state index contributed by atoms with van der Waals surface area (Å²) < 4.78 is 1.64. The van der Waals surface area contributed by atoms with E-state index in [4.69, 9.17) is 0 Å². The van der Waals surface area contributed by atoms with E-state index in [1.54, 1.807) is 10.9 Å². The molecule has 0 saturated carbocycles. The molecule has 4 aromatic rings. The van der Waals surface area contributed by atoms with Gasteiger partial charge in [0.15, 0.2) is 5.82 Å². The molecule has 1 amide bonds. The topological polar surface area (TPSA) is 84.7 Å². The van der Waals surface area contributed by atoms with E-state index < -0.39 is 0 Å². The Morgan fingerprint density at radius 3 is 2.10 bits per heavy atom. The summed E-state index contributed by atoms with van der Waals surface area (Å²) in [4.78, 5) is 13.0. The van der Waals surface area contributed by atoms with Gasteiger partial charge in [-0.2, -0.15) is 5.10 Å². The zero-order chi connectivity index (χ0) is 20.6. The summed E-state index contributed by atoms with van der Waals surface area (Å²) in [6, 6.07) is 25.1. The first-order valence-electron chi connectivity index (χ1n) is 9.76. The van der Waals surface area contributed by atoms with Crippen molar-refractivity contribution in [1.29, 1.82) is 0 Å². The molecule has 2 aromatic carbocycles. The first-order valence-corrected chi connectivity index (χ1v) is 9.76. The van der Waals surface area contributed by atoms with Gasteiger partial charge in [0.2, 0.25) is 5.91 Å². The lowest BCUT2D eigenvalue weighted by molar-refractivity contribution is -0.121. The first-order chi connectivity index (χ1) is 14.8. The number of nitrogens with one attached hydrogen (secondary N) is 2. The Kier molecular flexibility index (Phi) is 6.10. The van der Waals surface area contributed by atoms with Gasteiger partial charge in [0.25, 0.3) is 0 Å². The van der Waals surface area contributed by atoms with E-state index in [1.807, 2.05) is 85.1 Å². The van der Waals surface area contributed by atoms with Crippen molar-refractivity contribution >= 4 is 11.7 Å². The number of benzene rings is 2. The Morgan fingerprint density at radius 2 is 1.53 bits per heavy atom. The van der Waals surface area contributed by atoms with Gasteiger partial charge in [0.1, 0.15) is 5.82 Å². The van der Waals surface area contributed by atoms with Crippen molar-refractivity contribution in [3.63, 3.8) is 0 Å². The average molecular weight is 398 g/mol. The molecule has 150 valence electrons. The molecule has 30 heavy (non-hydrogen) atoms. The molecule has 0 fully saturated rings. The van der Waals surface area contributed by atoms with Crippen molar-refractivity contribution in [2.75, 3.05) is 18.4 Å². The Hall–Kier alpha value is -4.00. The van der Waals surface area contributed by atoms with Crippen LogP contribution < -0.4 is 10.6 Å². The SMILES string of the molecule is O=C(NCCNc1ccc(-n2cccn2)nn1)C(c1ccccc1)c1ccccc1. The molecule has 0 bridgehead atoms. The molecular formula is C23H22N6O. The fourth-order valence-corrected chi connectivity index (χ4v) is 3.21. The zero-order valence-electron chi connectivity index (χ0n) is 16.3. The number of carbonyl (C=O) groups is 1. The van der Waals surface area contributed by atoms with Crippen molar-refractivity contribution in [1.82, 2.24) is 25.3 Å². The lowest BCUT2D eigenvalue weighted by atomic mass is 9.90. The molecule has 0 unspecified atom stereocenters. The molecule has 2 heterocycles. The number of hydrogen-bond donors (Lipinski definition) is 2. The fourth-order valence-electron chi connectivity index (χ4n) is 3.21. The maximum Gasteiger partial charge on any atom is 0.232 e. The Morgan fingerprint density at radius 1 is 0.833 bits per heavy atom. The standard InChI is InChI=1S/C23H22N6O/c30-23(22(18-8-3-1-4-9-18)19-10-5-2-6-11-19)25-16-15-24-20-12-13-21(28-27-20)29-17-7-14-26-29/h1-14,17,22H,15-16H2,(H,24,27)(H,25,30). The molecule has 0 radical (unpaired) electrons. The molecule has 0 saturated heterocycles. The summed E-state index contributed by atoms with van der Waals surface area (Å²) in [5.74, 6) is 0.908. The Labute approximate surface area is 174 Å². The molecular weight excluding hydrogens is 376 g/mol. The van der Waals surface area contributed by atoms with Crippen LogP contribution in [-0.4, -0.2) is 39.0 Å². The van der Waals surface area contributed by atoms with Crippen LogP contribution in [0.15, 0.2) is 91.3 Å². The summed E-state index contributed by atoms with van der Waals surface area (Å²) in [5, 5.41) is 18.6. The molecule has 0 atom stereocenters. The van der Waals surface area contributed by atoms with Gasteiger partial charge < -0.3 is 10.6 Å². The Balaban J connectivity index is 1.34. The summed E-state index contributed by atoms with van der Waals surface area (Å²) in [5.41, 5.74) is 1.93. The van der Waals surface area contributed by atoms with Crippen LogP contribution in [0.4, 0.5) is 5.82 Å². The second-order valence-electron chi connectivity index (χ2n) is 6.70. The quantitative estimate of drug-likeness (QED) is 0.446. The highest BCUT2D eigenvalue weighted by atomic mass is 16.1. The summed E-state index contributed by atoms with van der Waals surface area (Å²) >= 11 is 0. The molecule has 2 aromatic heterocycles. The van der Waals surface area contributed by atoms with Gasteiger partial charge in [-0.25, -0.2) is 4.68 Å². The highest BCUT2D eigenvalue weighted by Gasteiger charge is 2.21. The predicted octanol–water partition coefficient (Wildman–Crippen LogP) is 3.02. The third-order valence-electron chi connectivity index (χ3n) is 4.65. The van der Waals surface area contributed by atoms with Gasteiger partial charge >= 0.3 is 0 Å². The smallest absolute Gasteiger partial charge is 0.232 e. The van der Waals surface area contributed by atoms with Crippen molar-refractivity contribution in [3.8, 4) is 5.82 Å². The second kappa shape index (κ2) is 9.47. The lowest BCUT2D eigenvalue weighted by Crippen LogP contribution is -2.33. The minimum absolute atomic E-state index is 0.0330. The third kappa shape index (κ3) is 4.70. The molecule has 7 nitrogen and oxygen atoms in total. The fraction of sp³-hybridized carbons (Fsp3) is 0.130. The van der Waals surface area contributed by atoms with E-state index in [2.05, 4.69) is 25.9 Å².